The number of para-hydroxylation sites is 2. The summed E-state index contributed by atoms with van der Waals surface area (Å²) in [6, 6.07) is 28.5. The number of nitriles is 1. The number of aromatic nitrogens is 3. The largest absolute Gasteiger partial charge is 0.465 e. The summed E-state index contributed by atoms with van der Waals surface area (Å²) < 4.78 is 1.06. The predicted molar refractivity (Wildman–Crippen MR) is 150 cm³/mol. The van der Waals surface area contributed by atoms with E-state index in [9.17, 15) is 10.1 Å². The fourth-order valence-corrected chi connectivity index (χ4v) is 4.55. The summed E-state index contributed by atoms with van der Waals surface area (Å²) in [6.45, 7) is 0.686. The lowest BCUT2D eigenvalue weighted by atomic mass is 10.1. The van der Waals surface area contributed by atoms with Crippen LogP contribution in [0.25, 0.3) is 10.2 Å². The number of rotatable bonds is 7. The van der Waals surface area contributed by atoms with E-state index >= 15 is 0 Å². The molecule has 5 N–H and O–H groups in total. The molecule has 0 bridgehead atoms. The lowest BCUT2D eigenvalue weighted by Crippen LogP contribution is -2.10. The molecule has 1 atom stereocenters. The number of thiazole rings is 1. The first-order valence-electron chi connectivity index (χ1n) is 11.7. The summed E-state index contributed by atoms with van der Waals surface area (Å²) in [6.07, 6.45) is 1.46. The number of amides is 1. The first kappa shape index (κ1) is 26.1. The van der Waals surface area contributed by atoms with Gasteiger partial charge in [-0.3, -0.25) is 5.32 Å². The average Bonchev–Trinajstić information content (AvgIpc) is 3.35. The number of carboxylic acid groups (broad SMARTS) is 1. The van der Waals surface area contributed by atoms with E-state index in [0.29, 0.717) is 23.9 Å². The smallest absolute Gasteiger partial charge is 0.409 e. The van der Waals surface area contributed by atoms with E-state index in [1.54, 1.807) is 36.5 Å². The van der Waals surface area contributed by atoms with E-state index in [1.165, 1.54) is 16.9 Å². The Morgan fingerprint density at radius 3 is 2.45 bits per heavy atom. The molecule has 0 fully saturated rings. The van der Waals surface area contributed by atoms with Crippen molar-refractivity contribution in [3.8, 4) is 6.07 Å². The van der Waals surface area contributed by atoms with Crippen LogP contribution in [0.4, 0.5) is 22.1 Å². The molecule has 2 aromatic heterocycles. The quantitative estimate of drug-likeness (QED) is 0.197. The summed E-state index contributed by atoms with van der Waals surface area (Å²) in [4.78, 5) is 23.5. The van der Waals surface area contributed by atoms with Crippen molar-refractivity contribution < 1.29 is 9.90 Å². The Morgan fingerprint density at radius 2 is 1.74 bits per heavy atom. The van der Waals surface area contributed by atoms with E-state index in [1.807, 2.05) is 54.6 Å². The second-order valence-corrected chi connectivity index (χ2v) is 9.16. The summed E-state index contributed by atoms with van der Waals surface area (Å²) in [5.74, 6) is -0.00708. The van der Waals surface area contributed by atoms with Crippen molar-refractivity contribution in [2.45, 2.75) is 12.3 Å². The lowest BCUT2D eigenvalue weighted by molar-refractivity contribution is 0.209. The van der Waals surface area contributed by atoms with Crippen LogP contribution in [0.5, 0.6) is 0 Å². The van der Waals surface area contributed by atoms with Gasteiger partial charge in [0, 0.05) is 24.1 Å². The summed E-state index contributed by atoms with van der Waals surface area (Å²) in [7, 11) is 0. The fourth-order valence-electron chi connectivity index (χ4n) is 3.53. The Kier molecular flexibility index (Phi) is 8.78. The lowest BCUT2D eigenvalue weighted by Gasteiger charge is -2.09. The predicted octanol–water partition coefficient (Wildman–Crippen LogP) is 5.76. The van der Waals surface area contributed by atoms with Gasteiger partial charge in [0.2, 0.25) is 5.95 Å². The van der Waals surface area contributed by atoms with Gasteiger partial charge in [-0.15, -0.1) is 11.3 Å². The van der Waals surface area contributed by atoms with Crippen molar-refractivity contribution in [1.29, 1.82) is 5.26 Å². The maximum atomic E-state index is 10.1. The molecule has 0 saturated carbocycles. The molecule has 1 amide bonds. The van der Waals surface area contributed by atoms with Crippen molar-refractivity contribution >= 4 is 45.0 Å². The number of carbonyl (C=O) groups is 1. The second-order valence-electron chi connectivity index (χ2n) is 8.10. The zero-order chi connectivity index (χ0) is 26.7. The van der Waals surface area contributed by atoms with Crippen LogP contribution in [-0.2, 0) is 6.42 Å². The normalized spacial score (nSPS) is 11.0. The van der Waals surface area contributed by atoms with Gasteiger partial charge >= 0.3 is 6.09 Å². The molecule has 0 aliphatic rings. The number of benzene rings is 3. The van der Waals surface area contributed by atoms with Crippen LogP contribution in [0.1, 0.15) is 22.2 Å². The highest BCUT2D eigenvalue weighted by Crippen LogP contribution is 2.30. The van der Waals surface area contributed by atoms with E-state index in [4.69, 9.17) is 10.8 Å². The SMILES string of the molecule is N#CC(c1ccnc(NCCc2ccc(N)cc2)n1)c1nc2ccccc2s1.O=C(O)Nc1ccccc1. The molecule has 3 aromatic carbocycles. The van der Waals surface area contributed by atoms with Crippen molar-refractivity contribution in [2.75, 3.05) is 22.9 Å². The third kappa shape index (κ3) is 7.25. The number of hydrogen-bond donors (Lipinski definition) is 4. The zero-order valence-corrected chi connectivity index (χ0v) is 21.1. The number of fused-ring (bicyclic) bond motifs is 1. The number of anilines is 3. The minimum Gasteiger partial charge on any atom is -0.465 e. The highest BCUT2D eigenvalue weighted by Gasteiger charge is 2.20. The zero-order valence-electron chi connectivity index (χ0n) is 20.3. The van der Waals surface area contributed by atoms with Crippen molar-refractivity contribution in [1.82, 2.24) is 15.0 Å². The maximum absolute atomic E-state index is 10.1. The Labute approximate surface area is 223 Å². The monoisotopic (exact) mass is 523 g/mol. The topological polar surface area (TPSA) is 150 Å². The van der Waals surface area contributed by atoms with Crippen LogP contribution in [0, 0.1) is 11.3 Å². The Morgan fingerprint density at radius 1 is 1.00 bits per heavy atom. The van der Waals surface area contributed by atoms with Gasteiger partial charge in [-0.05, 0) is 54.4 Å². The minimum absolute atomic E-state index is 0.509. The standard InChI is InChI=1S/C21H18N6S.C7H7NO2/c22-13-16(20-26-18-3-1-2-4-19(18)28-20)17-10-12-25-21(27-17)24-11-9-14-5-7-15(23)8-6-14;9-7(10)8-6-4-2-1-3-5-6/h1-8,10,12,16H,9,11,23H2,(H,24,25,27);1-5,8H,(H,9,10). The van der Waals surface area contributed by atoms with Gasteiger partial charge in [-0.25, -0.2) is 19.7 Å². The molecule has 1 unspecified atom stereocenters. The summed E-state index contributed by atoms with van der Waals surface area (Å²) >= 11 is 1.52. The molecule has 5 aromatic rings. The van der Waals surface area contributed by atoms with Crippen LogP contribution in [0.3, 0.4) is 0 Å². The van der Waals surface area contributed by atoms with Crippen molar-refractivity contribution in [2.24, 2.45) is 0 Å². The Bertz CT molecular complexity index is 1500. The van der Waals surface area contributed by atoms with Crippen molar-refractivity contribution in [3.63, 3.8) is 0 Å². The van der Waals surface area contributed by atoms with Crippen LogP contribution >= 0.6 is 11.3 Å². The first-order chi connectivity index (χ1) is 18.5. The molecule has 2 heterocycles. The third-order valence-corrected chi connectivity index (χ3v) is 6.46. The number of hydrogen-bond acceptors (Lipinski definition) is 8. The van der Waals surface area contributed by atoms with Gasteiger partial charge in [-0.1, -0.05) is 42.5 Å². The Hall–Kier alpha value is -5.01. The number of nitrogens with one attached hydrogen (secondary N) is 2. The van der Waals surface area contributed by atoms with E-state index in [2.05, 4.69) is 31.7 Å². The van der Waals surface area contributed by atoms with Gasteiger partial charge in [0.15, 0.2) is 0 Å². The van der Waals surface area contributed by atoms with E-state index in [-0.39, 0.29) is 0 Å². The number of nitrogens with zero attached hydrogens (tertiary/aromatic N) is 4. The molecule has 0 spiro atoms. The maximum Gasteiger partial charge on any atom is 0.409 e. The molecule has 0 aliphatic heterocycles. The molecule has 5 rings (SSSR count). The van der Waals surface area contributed by atoms with Crippen LogP contribution < -0.4 is 16.4 Å². The van der Waals surface area contributed by atoms with Crippen LogP contribution in [-0.4, -0.2) is 32.7 Å². The molecule has 0 aliphatic carbocycles. The van der Waals surface area contributed by atoms with Gasteiger partial charge in [-0.2, -0.15) is 5.26 Å². The fraction of sp³-hybridized carbons (Fsp3) is 0.107. The summed E-state index contributed by atoms with van der Waals surface area (Å²) in [5.41, 5.74) is 9.79. The van der Waals surface area contributed by atoms with Crippen LogP contribution in [0.15, 0.2) is 91.1 Å². The molecule has 10 heteroatoms. The van der Waals surface area contributed by atoms with Gasteiger partial charge in [0.05, 0.1) is 22.0 Å². The average molecular weight is 524 g/mol. The Balaban J connectivity index is 0.000000283. The molecule has 190 valence electrons. The molecule has 0 saturated heterocycles. The van der Waals surface area contributed by atoms with E-state index in [0.717, 1.165) is 27.3 Å². The van der Waals surface area contributed by atoms with E-state index < -0.39 is 12.0 Å². The van der Waals surface area contributed by atoms with Crippen molar-refractivity contribution in [3.05, 3.63) is 107 Å². The highest BCUT2D eigenvalue weighted by molar-refractivity contribution is 7.18. The molecule has 9 nitrogen and oxygen atoms in total. The molecule has 0 radical (unpaired) electrons. The molecular weight excluding hydrogens is 498 g/mol. The van der Waals surface area contributed by atoms with Gasteiger partial charge in [0.25, 0.3) is 0 Å². The minimum atomic E-state index is -1.04. The van der Waals surface area contributed by atoms with Gasteiger partial charge < -0.3 is 16.2 Å². The van der Waals surface area contributed by atoms with Gasteiger partial charge in [0.1, 0.15) is 10.9 Å². The van der Waals surface area contributed by atoms with Crippen LogP contribution in [0.2, 0.25) is 0 Å². The second kappa shape index (κ2) is 12.8. The summed E-state index contributed by atoms with van der Waals surface area (Å²) in [5, 5.41) is 24.2. The third-order valence-electron chi connectivity index (χ3n) is 5.36. The highest BCUT2D eigenvalue weighted by atomic mass is 32.1. The molecule has 38 heavy (non-hydrogen) atoms. The molecular formula is C28H25N7O2S. The first-order valence-corrected chi connectivity index (χ1v) is 12.5. The number of nitrogens with two attached hydrogens (primary N) is 1. The number of nitrogen functional groups attached to an aromatic ring is 1.